The van der Waals surface area contributed by atoms with E-state index in [4.69, 9.17) is 5.73 Å². The molecule has 0 amide bonds. The summed E-state index contributed by atoms with van der Waals surface area (Å²) < 4.78 is 0. The molecule has 1 heterocycles. The zero-order valence-corrected chi connectivity index (χ0v) is 8.60. The Morgan fingerprint density at radius 2 is 2.54 bits per heavy atom. The lowest BCUT2D eigenvalue weighted by Gasteiger charge is -2.14. The minimum atomic E-state index is 0.0888. The molecule has 2 rings (SSSR count). The third kappa shape index (κ3) is 2.27. The average Bonchev–Trinajstić information content (AvgIpc) is 2.69. The first kappa shape index (κ1) is 9.12. The summed E-state index contributed by atoms with van der Waals surface area (Å²) in [4.78, 5) is 4.25. The number of nitrogens with one attached hydrogen (secondary N) is 1. The Morgan fingerprint density at radius 1 is 1.77 bits per heavy atom. The van der Waals surface area contributed by atoms with Crippen molar-refractivity contribution in [1.82, 2.24) is 10.3 Å². The molecule has 1 aromatic rings. The summed E-state index contributed by atoms with van der Waals surface area (Å²) in [6.45, 7) is 3.04. The van der Waals surface area contributed by atoms with E-state index in [1.165, 1.54) is 0 Å². The summed E-state index contributed by atoms with van der Waals surface area (Å²) in [5.74, 6) is 0. The van der Waals surface area contributed by atoms with Crippen molar-refractivity contribution < 1.29 is 0 Å². The molecule has 3 nitrogen and oxygen atoms in total. The molecule has 0 aliphatic heterocycles. The topological polar surface area (TPSA) is 50.9 Å². The first-order valence-corrected chi connectivity index (χ1v) is 5.49. The Bertz CT molecular complexity index is 266. The SMILES string of the molecule is CC(NCC1(N)CC1)c1nccs1. The van der Waals surface area contributed by atoms with E-state index >= 15 is 0 Å². The van der Waals surface area contributed by atoms with Gasteiger partial charge in [0.2, 0.25) is 0 Å². The fraction of sp³-hybridized carbons (Fsp3) is 0.667. The van der Waals surface area contributed by atoms with Crippen molar-refractivity contribution in [3.05, 3.63) is 16.6 Å². The molecule has 3 N–H and O–H groups in total. The fourth-order valence-electron chi connectivity index (χ4n) is 1.23. The van der Waals surface area contributed by atoms with Gasteiger partial charge in [0.1, 0.15) is 5.01 Å². The molecule has 1 atom stereocenters. The van der Waals surface area contributed by atoms with Crippen LogP contribution in [0.5, 0.6) is 0 Å². The van der Waals surface area contributed by atoms with Gasteiger partial charge < -0.3 is 11.1 Å². The predicted octanol–water partition coefficient (Wildman–Crippen LogP) is 1.28. The van der Waals surface area contributed by atoms with Gasteiger partial charge in [0.05, 0.1) is 6.04 Å². The standard InChI is InChI=1S/C9H15N3S/c1-7(8-11-4-5-13-8)12-6-9(10)2-3-9/h4-5,7,12H,2-3,6,10H2,1H3. The first-order chi connectivity index (χ1) is 6.20. The molecule has 1 aliphatic carbocycles. The Kier molecular flexibility index (Phi) is 2.36. The minimum Gasteiger partial charge on any atom is -0.324 e. The second-order valence-electron chi connectivity index (χ2n) is 3.84. The van der Waals surface area contributed by atoms with E-state index in [1.54, 1.807) is 11.3 Å². The highest BCUT2D eigenvalue weighted by atomic mass is 32.1. The Balaban J connectivity index is 1.82. The zero-order chi connectivity index (χ0) is 9.31. The number of hydrogen-bond donors (Lipinski definition) is 2. The molecule has 0 bridgehead atoms. The van der Waals surface area contributed by atoms with Crippen LogP contribution in [0.1, 0.15) is 30.8 Å². The maximum atomic E-state index is 5.97. The molecule has 0 aromatic carbocycles. The van der Waals surface area contributed by atoms with E-state index in [0.717, 1.165) is 24.4 Å². The quantitative estimate of drug-likeness (QED) is 0.764. The average molecular weight is 197 g/mol. The second kappa shape index (κ2) is 3.36. The van der Waals surface area contributed by atoms with Gasteiger partial charge in [0, 0.05) is 23.7 Å². The molecule has 0 radical (unpaired) electrons. The summed E-state index contributed by atoms with van der Waals surface area (Å²) in [5.41, 5.74) is 6.06. The highest BCUT2D eigenvalue weighted by Gasteiger charge is 2.37. The van der Waals surface area contributed by atoms with Crippen molar-refractivity contribution in [2.45, 2.75) is 31.3 Å². The van der Waals surface area contributed by atoms with Crippen LogP contribution in [-0.2, 0) is 0 Å². The van der Waals surface area contributed by atoms with Crippen LogP contribution >= 0.6 is 11.3 Å². The molecular formula is C9H15N3S. The summed E-state index contributed by atoms with van der Waals surface area (Å²) in [7, 11) is 0. The lowest BCUT2D eigenvalue weighted by Crippen LogP contribution is -2.37. The largest absolute Gasteiger partial charge is 0.324 e. The number of rotatable bonds is 4. The van der Waals surface area contributed by atoms with Crippen LogP contribution in [0.2, 0.25) is 0 Å². The van der Waals surface area contributed by atoms with Crippen molar-refractivity contribution in [3.8, 4) is 0 Å². The van der Waals surface area contributed by atoms with E-state index < -0.39 is 0 Å². The van der Waals surface area contributed by atoms with Crippen LogP contribution < -0.4 is 11.1 Å². The molecule has 1 aromatic heterocycles. The molecule has 1 unspecified atom stereocenters. The van der Waals surface area contributed by atoms with Gasteiger partial charge in [-0.2, -0.15) is 0 Å². The first-order valence-electron chi connectivity index (χ1n) is 4.61. The van der Waals surface area contributed by atoms with Crippen molar-refractivity contribution in [1.29, 1.82) is 0 Å². The Morgan fingerprint density at radius 3 is 3.08 bits per heavy atom. The second-order valence-corrected chi connectivity index (χ2v) is 4.76. The van der Waals surface area contributed by atoms with E-state index in [0.29, 0.717) is 6.04 Å². The molecular weight excluding hydrogens is 182 g/mol. The molecule has 1 aliphatic rings. The van der Waals surface area contributed by atoms with E-state index in [9.17, 15) is 0 Å². The number of nitrogens with two attached hydrogens (primary N) is 1. The van der Waals surface area contributed by atoms with Gasteiger partial charge in [-0.3, -0.25) is 0 Å². The van der Waals surface area contributed by atoms with E-state index in [1.807, 2.05) is 11.6 Å². The number of thiazole rings is 1. The normalized spacial score (nSPS) is 21.4. The molecule has 72 valence electrons. The van der Waals surface area contributed by atoms with Crippen LogP contribution in [0.15, 0.2) is 11.6 Å². The molecule has 0 spiro atoms. The number of aromatic nitrogens is 1. The van der Waals surface area contributed by atoms with Gasteiger partial charge in [-0.1, -0.05) is 0 Å². The summed E-state index contributed by atoms with van der Waals surface area (Å²) in [5, 5.41) is 6.56. The third-order valence-electron chi connectivity index (χ3n) is 2.47. The molecule has 4 heteroatoms. The van der Waals surface area contributed by atoms with Gasteiger partial charge in [0.25, 0.3) is 0 Å². The third-order valence-corrected chi connectivity index (χ3v) is 3.43. The van der Waals surface area contributed by atoms with Gasteiger partial charge >= 0.3 is 0 Å². The highest BCUT2D eigenvalue weighted by Crippen LogP contribution is 2.31. The van der Waals surface area contributed by atoms with Gasteiger partial charge in [0.15, 0.2) is 0 Å². The fourth-order valence-corrected chi connectivity index (χ4v) is 1.90. The van der Waals surface area contributed by atoms with Crippen LogP contribution in [0.3, 0.4) is 0 Å². The van der Waals surface area contributed by atoms with Crippen LogP contribution in [0, 0.1) is 0 Å². The summed E-state index contributed by atoms with van der Waals surface area (Å²) in [6.07, 6.45) is 4.16. The molecule has 13 heavy (non-hydrogen) atoms. The monoisotopic (exact) mass is 197 g/mol. The Labute approximate surface area is 82.4 Å². The summed E-state index contributed by atoms with van der Waals surface area (Å²) in [6, 6.07) is 0.334. The number of nitrogens with zero attached hydrogens (tertiary/aromatic N) is 1. The van der Waals surface area contributed by atoms with Crippen molar-refractivity contribution in [3.63, 3.8) is 0 Å². The van der Waals surface area contributed by atoms with Gasteiger partial charge in [-0.25, -0.2) is 4.98 Å². The van der Waals surface area contributed by atoms with Crippen LogP contribution in [0.4, 0.5) is 0 Å². The van der Waals surface area contributed by atoms with Gasteiger partial charge in [-0.15, -0.1) is 11.3 Å². The lowest BCUT2D eigenvalue weighted by molar-refractivity contribution is 0.507. The molecule has 1 fully saturated rings. The zero-order valence-electron chi connectivity index (χ0n) is 7.79. The van der Waals surface area contributed by atoms with Crippen molar-refractivity contribution in [2.24, 2.45) is 5.73 Å². The predicted molar refractivity (Wildman–Crippen MR) is 54.7 cm³/mol. The highest BCUT2D eigenvalue weighted by molar-refractivity contribution is 7.09. The minimum absolute atomic E-state index is 0.0888. The molecule has 1 saturated carbocycles. The van der Waals surface area contributed by atoms with Crippen LogP contribution in [-0.4, -0.2) is 17.1 Å². The van der Waals surface area contributed by atoms with Crippen molar-refractivity contribution in [2.75, 3.05) is 6.54 Å². The smallest absolute Gasteiger partial charge is 0.109 e. The maximum absolute atomic E-state index is 5.97. The lowest BCUT2D eigenvalue weighted by atomic mass is 10.2. The van der Waals surface area contributed by atoms with Crippen LogP contribution in [0.25, 0.3) is 0 Å². The maximum Gasteiger partial charge on any atom is 0.109 e. The summed E-state index contributed by atoms with van der Waals surface area (Å²) >= 11 is 1.69. The van der Waals surface area contributed by atoms with Gasteiger partial charge in [-0.05, 0) is 19.8 Å². The molecule has 0 saturated heterocycles. The Hall–Kier alpha value is -0.450. The van der Waals surface area contributed by atoms with Crippen molar-refractivity contribution >= 4 is 11.3 Å². The number of hydrogen-bond acceptors (Lipinski definition) is 4. The van der Waals surface area contributed by atoms with E-state index in [-0.39, 0.29) is 5.54 Å². The van der Waals surface area contributed by atoms with E-state index in [2.05, 4.69) is 17.2 Å².